The van der Waals surface area contributed by atoms with E-state index >= 15 is 0 Å². The number of hydrogen-bond donors (Lipinski definition) is 0. The molecule has 0 aliphatic carbocycles. The Kier molecular flexibility index (Phi) is 4.61. The van der Waals surface area contributed by atoms with Crippen LogP contribution in [0.15, 0.2) is 60.9 Å². The number of fused-ring (bicyclic) bond motifs is 1. The summed E-state index contributed by atoms with van der Waals surface area (Å²) in [6.45, 7) is 0.779. The van der Waals surface area contributed by atoms with Crippen LogP contribution in [0.1, 0.15) is 21.5 Å². The zero-order chi connectivity index (χ0) is 18.6. The summed E-state index contributed by atoms with van der Waals surface area (Å²) in [7, 11) is 1.64. The largest absolute Gasteiger partial charge is 0.496 e. The molecule has 0 radical (unpaired) electrons. The van der Waals surface area contributed by atoms with Gasteiger partial charge in [-0.15, -0.1) is 0 Å². The highest BCUT2D eigenvalue weighted by Gasteiger charge is 2.15. The molecule has 4 rings (SSSR count). The lowest BCUT2D eigenvalue weighted by Gasteiger charge is -2.09. The summed E-state index contributed by atoms with van der Waals surface area (Å²) in [5.41, 5.74) is 2.45. The minimum absolute atomic E-state index is 0.0993. The highest BCUT2D eigenvalue weighted by atomic mass is 16.7. The van der Waals surface area contributed by atoms with Crippen LogP contribution in [-0.2, 0) is 6.54 Å². The summed E-state index contributed by atoms with van der Waals surface area (Å²) in [6.07, 6.45) is 6.97. The van der Waals surface area contributed by atoms with Crippen LogP contribution in [0, 0.1) is 0 Å². The predicted molar refractivity (Wildman–Crippen MR) is 100 cm³/mol. The molecule has 6 heteroatoms. The quantitative estimate of drug-likeness (QED) is 0.496. The van der Waals surface area contributed by atoms with Crippen molar-refractivity contribution in [3.05, 3.63) is 77.6 Å². The number of ether oxygens (including phenoxy) is 3. The Balaban J connectivity index is 1.53. The van der Waals surface area contributed by atoms with Crippen molar-refractivity contribution in [3.8, 4) is 17.2 Å². The predicted octanol–water partition coefficient (Wildman–Crippen LogP) is 3.56. The fourth-order valence-electron chi connectivity index (χ4n) is 2.91. The van der Waals surface area contributed by atoms with Gasteiger partial charge in [0.25, 0.3) is 0 Å². The Hall–Kier alpha value is -3.54. The summed E-state index contributed by atoms with van der Waals surface area (Å²) in [5.74, 6) is 1.94. The van der Waals surface area contributed by atoms with Crippen molar-refractivity contribution in [3.63, 3.8) is 0 Å². The van der Waals surface area contributed by atoms with Gasteiger partial charge in [0.1, 0.15) is 5.75 Å². The van der Waals surface area contributed by atoms with Gasteiger partial charge in [-0.1, -0.05) is 12.1 Å². The van der Waals surface area contributed by atoms with Crippen LogP contribution >= 0.6 is 0 Å². The van der Waals surface area contributed by atoms with Gasteiger partial charge < -0.3 is 14.2 Å². The third-order valence-electron chi connectivity index (χ3n) is 4.28. The third-order valence-corrected chi connectivity index (χ3v) is 4.28. The number of methoxy groups -OCH3 is 1. The van der Waals surface area contributed by atoms with Crippen LogP contribution in [0.5, 0.6) is 17.2 Å². The van der Waals surface area contributed by atoms with E-state index in [9.17, 15) is 4.79 Å². The van der Waals surface area contributed by atoms with Gasteiger partial charge in [-0.2, -0.15) is 5.10 Å². The topological polar surface area (TPSA) is 62.6 Å². The van der Waals surface area contributed by atoms with Crippen molar-refractivity contribution in [1.29, 1.82) is 0 Å². The molecule has 2 aromatic carbocycles. The summed E-state index contributed by atoms with van der Waals surface area (Å²) in [4.78, 5) is 12.5. The molecule has 0 unspecified atom stereocenters. The number of benzene rings is 2. The van der Waals surface area contributed by atoms with E-state index < -0.39 is 0 Å². The number of carbonyl (C=O) groups is 1. The highest BCUT2D eigenvalue weighted by Crippen LogP contribution is 2.32. The van der Waals surface area contributed by atoms with Crippen molar-refractivity contribution in [2.75, 3.05) is 13.9 Å². The number of nitrogens with zero attached hydrogens (tertiary/aromatic N) is 2. The van der Waals surface area contributed by atoms with Crippen molar-refractivity contribution in [2.24, 2.45) is 0 Å². The summed E-state index contributed by atoms with van der Waals surface area (Å²) in [5, 5.41) is 4.23. The van der Waals surface area contributed by atoms with Gasteiger partial charge in [-0.25, -0.2) is 0 Å². The van der Waals surface area contributed by atoms with Crippen molar-refractivity contribution >= 4 is 11.9 Å². The molecule has 0 bridgehead atoms. The van der Waals surface area contributed by atoms with Gasteiger partial charge in [-0.3, -0.25) is 9.48 Å². The lowest BCUT2D eigenvalue weighted by atomic mass is 10.1. The van der Waals surface area contributed by atoms with Gasteiger partial charge in [-0.05, 0) is 48.0 Å². The van der Waals surface area contributed by atoms with Crippen LogP contribution in [0.25, 0.3) is 6.08 Å². The average Bonchev–Trinajstić information content (AvgIpc) is 3.37. The van der Waals surface area contributed by atoms with E-state index in [0.717, 1.165) is 16.9 Å². The Morgan fingerprint density at radius 1 is 1.22 bits per heavy atom. The number of allylic oxidation sites excluding steroid dienone is 1. The fourth-order valence-corrected chi connectivity index (χ4v) is 2.91. The van der Waals surface area contributed by atoms with Crippen LogP contribution in [0.2, 0.25) is 0 Å². The van der Waals surface area contributed by atoms with E-state index in [2.05, 4.69) is 5.10 Å². The maximum atomic E-state index is 12.5. The Bertz CT molecular complexity index is 993. The summed E-state index contributed by atoms with van der Waals surface area (Å²) >= 11 is 0. The van der Waals surface area contributed by atoms with Crippen LogP contribution in [0.3, 0.4) is 0 Å². The van der Waals surface area contributed by atoms with Gasteiger partial charge in [0.15, 0.2) is 17.3 Å². The maximum absolute atomic E-state index is 12.5. The van der Waals surface area contributed by atoms with Gasteiger partial charge in [0, 0.05) is 23.5 Å². The number of aromatic nitrogens is 2. The minimum atomic E-state index is -0.0993. The highest BCUT2D eigenvalue weighted by molar-refractivity contribution is 6.07. The molecule has 1 aliphatic heterocycles. The molecular weight excluding hydrogens is 344 g/mol. The molecule has 136 valence electrons. The van der Waals surface area contributed by atoms with E-state index in [1.165, 1.54) is 0 Å². The van der Waals surface area contributed by atoms with Crippen molar-refractivity contribution in [1.82, 2.24) is 9.78 Å². The second kappa shape index (κ2) is 7.37. The normalized spacial score (nSPS) is 12.5. The number of hydrogen-bond acceptors (Lipinski definition) is 5. The molecule has 0 spiro atoms. The monoisotopic (exact) mass is 362 g/mol. The lowest BCUT2D eigenvalue weighted by molar-refractivity contribution is 0.104. The molecule has 27 heavy (non-hydrogen) atoms. The summed E-state index contributed by atoms with van der Waals surface area (Å²) in [6, 6.07) is 12.9. The maximum Gasteiger partial charge on any atom is 0.231 e. The Morgan fingerprint density at radius 3 is 2.93 bits per heavy atom. The Labute approximate surface area is 156 Å². The van der Waals surface area contributed by atoms with Crippen LogP contribution < -0.4 is 14.2 Å². The van der Waals surface area contributed by atoms with E-state index in [0.29, 0.717) is 23.6 Å². The molecule has 0 saturated carbocycles. The van der Waals surface area contributed by atoms with Crippen LogP contribution in [0.4, 0.5) is 0 Å². The molecule has 0 amide bonds. The summed E-state index contributed by atoms with van der Waals surface area (Å²) < 4.78 is 17.8. The van der Waals surface area contributed by atoms with Crippen molar-refractivity contribution in [2.45, 2.75) is 6.54 Å². The molecular formula is C21H18N2O4. The number of rotatable bonds is 6. The van der Waals surface area contributed by atoms with E-state index in [4.69, 9.17) is 14.2 Å². The average molecular weight is 362 g/mol. The fraction of sp³-hybridized carbons (Fsp3) is 0.143. The first-order valence-electron chi connectivity index (χ1n) is 8.49. The molecule has 0 saturated heterocycles. The second-order valence-electron chi connectivity index (χ2n) is 6.04. The molecule has 1 aliphatic rings. The standard InChI is InChI=1S/C21H18N2O4/c1-25-19-7-4-15(11-17(19)13-23-10-2-9-22-23)3-6-18(24)16-5-8-20-21(12-16)27-14-26-20/h2-12H,13-14H2,1H3. The zero-order valence-electron chi connectivity index (χ0n) is 14.8. The van der Waals surface area contributed by atoms with Gasteiger partial charge in [0.2, 0.25) is 6.79 Å². The first-order chi connectivity index (χ1) is 13.2. The van der Waals surface area contributed by atoms with E-state index in [1.54, 1.807) is 43.7 Å². The van der Waals surface area contributed by atoms with Crippen LogP contribution in [-0.4, -0.2) is 29.5 Å². The first-order valence-corrected chi connectivity index (χ1v) is 8.49. The molecule has 1 aromatic heterocycles. The zero-order valence-corrected chi connectivity index (χ0v) is 14.8. The van der Waals surface area contributed by atoms with Gasteiger partial charge in [0.05, 0.1) is 13.7 Å². The third kappa shape index (κ3) is 3.69. The molecule has 6 nitrogen and oxygen atoms in total. The molecule has 0 fully saturated rings. The molecule has 0 atom stereocenters. The van der Waals surface area contributed by atoms with E-state index in [-0.39, 0.29) is 12.6 Å². The second-order valence-corrected chi connectivity index (χ2v) is 6.04. The van der Waals surface area contributed by atoms with Gasteiger partial charge >= 0.3 is 0 Å². The lowest BCUT2D eigenvalue weighted by Crippen LogP contribution is -2.02. The number of ketones is 1. The SMILES string of the molecule is COc1ccc(C=CC(=O)c2ccc3c(c2)OCO3)cc1Cn1cccn1. The minimum Gasteiger partial charge on any atom is -0.496 e. The molecule has 2 heterocycles. The first kappa shape index (κ1) is 16.9. The van der Waals surface area contributed by atoms with Crippen molar-refractivity contribution < 1.29 is 19.0 Å². The molecule has 0 N–H and O–H groups in total. The molecule has 3 aromatic rings. The Morgan fingerprint density at radius 2 is 2.11 bits per heavy atom. The number of carbonyl (C=O) groups excluding carboxylic acids is 1. The van der Waals surface area contributed by atoms with E-state index in [1.807, 2.05) is 35.1 Å². The smallest absolute Gasteiger partial charge is 0.231 e.